The topological polar surface area (TPSA) is 60.3 Å². The molecule has 1 atom stereocenters. The van der Waals surface area contributed by atoms with E-state index in [9.17, 15) is 9.59 Å². The molecule has 1 aliphatic heterocycles. The van der Waals surface area contributed by atoms with Crippen molar-refractivity contribution in [2.24, 2.45) is 0 Å². The normalized spacial score (nSPS) is 16.4. The molecule has 1 N–H and O–H groups in total. The number of nitrogens with zero attached hydrogens (tertiary/aromatic N) is 1. The molecule has 0 radical (unpaired) electrons. The van der Waals surface area contributed by atoms with E-state index in [-0.39, 0.29) is 23.1 Å². The van der Waals surface area contributed by atoms with Gasteiger partial charge >= 0.3 is 0 Å². The molecule has 1 aliphatic rings. The number of ether oxygens (including phenoxy) is 1. The minimum atomic E-state index is -0.323. The third-order valence-corrected chi connectivity index (χ3v) is 5.76. The van der Waals surface area contributed by atoms with Crippen molar-refractivity contribution in [2.75, 3.05) is 18.9 Å². The largest absolute Gasteiger partial charge is 0.376 e. The molecule has 0 aliphatic carbocycles. The van der Waals surface area contributed by atoms with Gasteiger partial charge in [0.05, 0.1) is 12.6 Å². The third-order valence-electron chi connectivity index (χ3n) is 4.49. The second-order valence-corrected chi connectivity index (χ2v) is 8.13. The Morgan fingerprint density at radius 2 is 2.11 bits per heavy atom. The van der Waals surface area contributed by atoms with Crippen LogP contribution in [0.4, 0.5) is 0 Å². The summed E-state index contributed by atoms with van der Waals surface area (Å²) in [7, 11) is 0. The van der Waals surface area contributed by atoms with Crippen LogP contribution in [0.25, 0.3) is 0 Å². The second-order valence-electron chi connectivity index (χ2n) is 6.52. The Balaban J connectivity index is 1.58. The SMILES string of the molecule is Cc1ccn(CC2CCCO2)c(=O)c1C(=O)NCCSc1ccc(Cl)cc1. The number of nitrogens with one attached hydrogen (secondary N) is 1. The van der Waals surface area contributed by atoms with E-state index >= 15 is 0 Å². The van der Waals surface area contributed by atoms with Crippen molar-refractivity contribution < 1.29 is 9.53 Å². The summed E-state index contributed by atoms with van der Waals surface area (Å²) in [5.74, 6) is 0.388. The van der Waals surface area contributed by atoms with Gasteiger partial charge in [0, 0.05) is 35.0 Å². The molecule has 1 saturated heterocycles. The number of aryl methyl sites for hydroxylation is 1. The van der Waals surface area contributed by atoms with Crippen LogP contribution in [0.3, 0.4) is 0 Å². The van der Waals surface area contributed by atoms with Crippen LogP contribution in [0.5, 0.6) is 0 Å². The molecule has 7 heteroatoms. The number of pyridine rings is 1. The van der Waals surface area contributed by atoms with Crippen LogP contribution in [-0.2, 0) is 11.3 Å². The zero-order valence-electron chi connectivity index (χ0n) is 15.2. The average Bonchev–Trinajstić information content (AvgIpc) is 3.16. The molecule has 1 aromatic heterocycles. The number of thioether (sulfide) groups is 1. The van der Waals surface area contributed by atoms with E-state index < -0.39 is 0 Å². The third kappa shape index (κ3) is 5.37. The van der Waals surface area contributed by atoms with Crippen molar-refractivity contribution in [1.29, 1.82) is 0 Å². The number of carbonyl (C=O) groups is 1. The molecule has 3 rings (SSSR count). The van der Waals surface area contributed by atoms with Crippen LogP contribution in [0.15, 0.2) is 46.2 Å². The Kier molecular flexibility index (Phi) is 6.99. The maximum absolute atomic E-state index is 12.7. The monoisotopic (exact) mass is 406 g/mol. The summed E-state index contributed by atoms with van der Waals surface area (Å²) in [5.41, 5.74) is 0.645. The van der Waals surface area contributed by atoms with Gasteiger partial charge in [0.2, 0.25) is 0 Å². The summed E-state index contributed by atoms with van der Waals surface area (Å²) in [6.45, 7) is 3.50. The second kappa shape index (κ2) is 9.44. The van der Waals surface area contributed by atoms with Gasteiger partial charge in [-0.3, -0.25) is 9.59 Å². The number of aromatic nitrogens is 1. The quantitative estimate of drug-likeness (QED) is 0.564. The van der Waals surface area contributed by atoms with Gasteiger partial charge in [-0.15, -0.1) is 11.8 Å². The number of hydrogen-bond acceptors (Lipinski definition) is 4. The van der Waals surface area contributed by atoms with Crippen molar-refractivity contribution in [3.05, 3.63) is 63.0 Å². The first-order chi connectivity index (χ1) is 13.0. The lowest BCUT2D eigenvalue weighted by Gasteiger charge is -2.14. The summed E-state index contributed by atoms with van der Waals surface area (Å²) in [6, 6.07) is 9.38. The summed E-state index contributed by atoms with van der Waals surface area (Å²) in [6.07, 6.45) is 3.76. The number of carbonyl (C=O) groups excluding carboxylic acids is 1. The van der Waals surface area contributed by atoms with E-state index in [2.05, 4.69) is 5.32 Å². The van der Waals surface area contributed by atoms with Gasteiger partial charge in [-0.1, -0.05) is 11.6 Å². The van der Waals surface area contributed by atoms with Crippen molar-refractivity contribution in [1.82, 2.24) is 9.88 Å². The van der Waals surface area contributed by atoms with Crippen molar-refractivity contribution in [2.45, 2.75) is 37.3 Å². The fourth-order valence-corrected chi connectivity index (χ4v) is 3.94. The molecule has 2 heterocycles. The molecule has 0 bridgehead atoms. The molecule has 2 aromatic rings. The Morgan fingerprint density at radius 3 is 2.81 bits per heavy atom. The number of rotatable bonds is 7. The Morgan fingerprint density at radius 1 is 1.33 bits per heavy atom. The van der Waals surface area contributed by atoms with Crippen LogP contribution in [0, 0.1) is 6.92 Å². The number of hydrogen-bond donors (Lipinski definition) is 1. The molecule has 1 amide bonds. The average molecular weight is 407 g/mol. The van der Waals surface area contributed by atoms with Gasteiger partial charge < -0.3 is 14.6 Å². The Hall–Kier alpha value is -1.76. The molecular formula is C20H23ClN2O3S. The van der Waals surface area contributed by atoms with Gasteiger partial charge in [0.25, 0.3) is 11.5 Å². The first kappa shape index (κ1) is 20.0. The summed E-state index contributed by atoms with van der Waals surface area (Å²) in [5, 5.41) is 3.55. The van der Waals surface area contributed by atoms with Crippen LogP contribution in [0.2, 0.25) is 5.02 Å². The van der Waals surface area contributed by atoms with Crippen LogP contribution in [0.1, 0.15) is 28.8 Å². The lowest BCUT2D eigenvalue weighted by molar-refractivity contribution is 0.0931. The van der Waals surface area contributed by atoms with Crippen LogP contribution < -0.4 is 10.9 Å². The highest BCUT2D eigenvalue weighted by atomic mass is 35.5. The minimum Gasteiger partial charge on any atom is -0.376 e. The highest BCUT2D eigenvalue weighted by Gasteiger charge is 2.20. The molecule has 27 heavy (non-hydrogen) atoms. The molecule has 1 fully saturated rings. The number of halogens is 1. The van der Waals surface area contributed by atoms with Gasteiger partial charge in [-0.2, -0.15) is 0 Å². The lowest BCUT2D eigenvalue weighted by Crippen LogP contribution is -2.36. The van der Waals surface area contributed by atoms with E-state index in [1.165, 1.54) is 0 Å². The summed E-state index contributed by atoms with van der Waals surface area (Å²) >= 11 is 7.50. The molecule has 0 saturated carbocycles. The van der Waals surface area contributed by atoms with Gasteiger partial charge in [0.15, 0.2) is 0 Å². The van der Waals surface area contributed by atoms with Crippen LogP contribution >= 0.6 is 23.4 Å². The highest BCUT2D eigenvalue weighted by Crippen LogP contribution is 2.19. The van der Waals surface area contributed by atoms with Gasteiger partial charge in [0.1, 0.15) is 5.56 Å². The van der Waals surface area contributed by atoms with Crippen molar-refractivity contribution in [3.8, 4) is 0 Å². The first-order valence-corrected chi connectivity index (χ1v) is 10.4. The Bertz CT molecular complexity index is 845. The summed E-state index contributed by atoms with van der Waals surface area (Å²) in [4.78, 5) is 26.4. The fourth-order valence-electron chi connectivity index (χ4n) is 3.05. The highest BCUT2D eigenvalue weighted by molar-refractivity contribution is 7.99. The minimum absolute atomic E-state index is 0.0529. The van der Waals surface area contributed by atoms with E-state index in [1.54, 1.807) is 29.4 Å². The first-order valence-electron chi connectivity index (χ1n) is 9.03. The van der Waals surface area contributed by atoms with E-state index in [1.807, 2.05) is 30.3 Å². The number of benzene rings is 1. The van der Waals surface area contributed by atoms with E-state index in [0.29, 0.717) is 29.4 Å². The molecule has 144 valence electrons. The Labute approximate surface area is 168 Å². The standard InChI is InChI=1S/C20H23ClN2O3S/c1-14-8-10-23(13-16-3-2-11-26-16)20(25)18(14)19(24)22-9-12-27-17-6-4-15(21)5-7-17/h4-8,10,16H,2-3,9,11-13H2,1H3,(H,22,24). The van der Waals surface area contributed by atoms with E-state index in [0.717, 1.165) is 24.3 Å². The lowest BCUT2D eigenvalue weighted by atomic mass is 10.1. The molecule has 1 unspecified atom stereocenters. The van der Waals surface area contributed by atoms with Crippen LogP contribution in [-0.4, -0.2) is 35.5 Å². The van der Waals surface area contributed by atoms with Gasteiger partial charge in [-0.05, 0) is 55.7 Å². The zero-order valence-corrected chi connectivity index (χ0v) is 16.8. The van der Waals surface area contributed by atoms with Gasteiger partial charge in [-0.25, -0.2) is 0 Å². The fraction of sp³-hybridized carbons (Fsp3) is 0.400. The molecule has 5 nitrogen and oxygen atoms in total. The molecular weight excluding hydrogens is 384 g/mol. The maximum Gasteiger partial charge on any atom is 0.263 e. The predicted octanol–water partition coefficient (Wildman–Crippen LogP) is 3.51. The number of amides is 1. The summed E-state index contributed by atoms with van der Waals surface area (Å²) < 4.78 is 7.18. The van der Waals surface area contributed by atoms with Crippen molar-refractivity contribution >= 4 is 29.3 Å². The van der Waals surface area contributed by atoms with E-state index in [4.69, 9.17) is 16.3 Å². The molecule has 1 aromatic carbocycles. The van der Waals surface area contributed by atoms with Crippen molar-refractivity contribution in [3.63, 3.8) is 0 Å². The smallest absolute Gasteiger partial charge is 0.263 e. The maximum atomic E-state index is 12.7. The predicted molar refractivity (Wildman–Crippen MR) is 109 cm³/mol. The molecule has 0 spiro atoms. The zero-order chi connectivity index (χ0) is 19.2.